The van der Waals surface area contributed by atoms with E-state index >= 15 is 0 Å². The van der Waals surface area contributed by atoms with E-state index in [2.05, 4.69) is 33.2 Å². The molecule has 0 spiro atoms. The van der Waals surface area contributed by atoms with Gasteiger partial charge in [0.2, 0.25) is 0 Å². The molecule has 4 heteroatoms. The van der Waals surface area contributed by atoms with Crippen LogP contribution in [0.3, 0.4) is 0 Å². The minimum absolute atomic E-state index is 0.452. The Morgan fingerprint density at radius 1 is 1.50 bits per heavy atom. The van der Waals surface area contributed by atoms with E-state index in [0.29, 0.717) is 11.1 Å². The number of nitrogens with zero attached hydrogens (tertiary/aromatic N) is 1. The van der Waals surface area contributed by atoms with Crippen LogP contribution in [0.2, 0.25) is 5.02 Å². The molecule has 0 radical (unpaired) electrons. The van der Waals surface area contributed by atoms with Crippen molar-refractivity contribution in [2.45, 2.75) is 38.6 Å². The van der Waals surface area contributed by atoms with Crippen LogP contribution in [0.4, 0.5) is 5.82 Å². The van der Waals surface area contributed by atoms with Crippen molar-refractivity contribution in [2.75, 3.05) is 5.32 Å². The Morgan fingerprint density at radius 3 is 2.81 bits per heavy atom. The molecule has 0 amide bonds. The second-order valence-electron chi connectivity index (χ2n) is 4.46. The van der Waals surface area contributed by atoms with Gasteiger partial charge in [0.05, 0.1) is 5.02 Å². The summed E-state index contributed by atoms with van der Waals surface area (Å²) < 4.78 is 0.913. The molecule has 1 saturated carbocycles. The zero-order chi connectivity index (χ0) is 11.5. The average Bonchev–Trinajstić information content (AvgIpc) is 2.75. The Labute approximate surface area is 110 Å². The van der Waals surface area contributed by atoms with Crippen molar-refractivity contribution in [1.82, 2.24) is 4.98 Å². The quantitative estimate of drug-likeness (QED) is 0.890. The standard InChI is InChI=1S/C12H16BrClN2/c1-8(9-4-2-3-5-9)16-12-11(14)6-10(13)7-15-12/h6-9H,2-5H2,1H3,(H,15,16). The zero-order valence-electron chi connectivity index (χ0n) is 9.34. The van der Waals surface area contributed by atoms with Crippen molar-refractivity contribution < 1.29 is 0 Å². The van der Waals surface area contributed by atoms with Crippen LogP contribution in [-0.2, 0) is 0 Å². The first-order valence-electron chi connectivity index (χ1n) is 5.74. The van der Waals surface area contributed by atoms with Crippen molar-refractivity contribution in [1.29, 1.82) is 0 Å². The summed E-state index contributed by atoms with van der Waals surface area (Å²) in [7, 11) is 0. The Kier molecular flexibility index (Phi) is 4.09. The number of hydrogen-bond donors (Lipinski definition) is 1. The molecule has 0 aromatic carbocycles. The molecule has 0 bridgehead atoms. The molecule has 1 unspecified atom stereocenters. The lowest BCUT2D eigenvalue weighted by Gasteiger charge is -2.21. The van der Waals surface area contributed by atoms with E-state index in [1.54, 1.807) is 6.20 Å². The maximum absolute atomic E-state index is 6.13. The van der Waals surface area contributed by atoms with E-state index in [4.69, 9.17) is 11.6 Å². The third kappa shape index (κ3) is 2.89. The summed E-state index contributed by atoms with van der Waals surface area (Å²) in [5, 5.41) is 4.10. The van der Waals surface area contributed by atoms with Gasteiger partial charge in [0.1, 0.15) is 5.82 Å². The van der Waals surface area contributed by atoms with Gasteiger partial charge >= 0.3 is 0 Å². The fourth-order valence-corrected chi connectivity index (χ4v) is 3.00. The fourth-order valence-electron chi connectivity index (χ4n) is 2.31. The topological polar surface area (TPSA) is 24.9 Å². The van der Waals surface area contributed by atoms with Crippen LogP contribution in [0, 0.1) is 5.92 Å². The monoisotopic (exact) mass is 302 g/mol. The molecule has 88 valence electrons. The normalized spacial score (nSPS) is 18.7. The highest BCUT2D eigenvalue weighted by atomic mass is 79.9. The highest BCUT2D eigenvalue weighted by Crippen LogP contribution is 2.30. The second-order valence-corrected chi connectivity index (χ2v) is 5.78. The third-order valence-corrected chi connectivity index (χ3v) is 4.00. The number of aromatic nitrogens is 1. The summed E-state index contributed by atoms with van der Waals surface area (Å²) in [4.78, 5) is 4.30. The van der Waals surface area contributed by atoms with Crippen molar-refractivity contribution in [2.24, 2.45) is 5.92 Å². The molecule has 0 saturated heterocycles. The van der Waals surface area contributed by atoms with Gasteiger partial charge in [0.25, 0.3) is 0 Å². The van der Waals surface area contributed by atoms with Crippen molar-refractivity contribution in [3.63, 3.8) is 0 Å². The van der Waals surface area contributed by atoms with Gasteiger partial charge in [0.15, 0.2) is 0 Å². The summed E-state index contributed by atoms with van der Waals surface area (Å²) in [6.07, 6.45) is 7.14. The molecule has 1 fully saturated rings. The fraction of sp³-hybridized carbons (Fsp3) is 0.583. The van der Waals surface area contributed by atoms with Crippen molar-refractivity contribution in [3.8, 4) is 0 Å². The number of pyridine rings is 1. The lowest BCUT2D eigenvalue weighted by Crippen LogP contribution is -2.24. The molecule has 2 nitrogen and oxygen atoms in total. The number of hydrogen-bond acceptors (Lipinski definition) is 2. The lowest BCUT2D eigenvalue weighted by molar-refractivity contribution is 0.481. The maximum atomic E-state index is 6.13. The van der Waals surface area contributed by atoms with E-state index in [0.717, 1.165) is 16.2 Å². The van der Waals surface area contributed by atoms with E-state index in [1.165, 1.54) is 25.7 Å². The molecule has 1 aromatic rings. The van der Waals surface area contributed by atoms with Crippen LogP contribution in [0.25, 0.3) is 0 Å². The molecule has 0 aliphatic heterocycles. The molecule has 1 aromatic heterocycles. The Hall–Kier alpha value is -0.280. The Balaban J connectivity index is 2.02. The molecule has 1 heterocycles. The first-order chi connectivity index (χ1) is 7.66. The van der Waals surface area contributed by atoms with Crippen LogP contribution in [0.5, 0.6) is 0 Å². The zero-order valence-corrected chi connectivity index (χ0v) is 11.7. The van der Waals surface area contributed by atoms with Gasteiger partial charge in [-0.25, -0.2) is 4.98 Å². The van der Waals surface area contributed by atoms with Gasteiger partial charge in [-0.15, -0.1) is 0 Å². The third-order valence-electron chi connectivity index (χ3n) is 3.28. The van der Waals surface area contributed by atoms with Gasteiger partial charge in [-0.05, 0) is 47.7 Å². The lowest BCUT2D eigenvalue weighted by atomic mass is 10.00. The second kappa shape index (κ2) is 5.37. The van der Waals surface area contributed by atoms with E-state index < -0.39 is 0 Å². The number of nitrogens with one attached hydrogen (secondary N) is 1. The van der Waals surface area contributed by atoms with Crippen LogP contribution in [0.15, 0.2) is 16.7 Å². The molecule has 1 N–H and O–H groups in total. The van der Waals surface area contributed by atoms with E-state index in [1.807, 2.05) is 6.07 Å². The van der Waals surface area contributed by atoms with Gasteiger partial charge in [-0.1, -0.05) is 24.4 Å². The number of rotatable bonds is 3. The molecule has 2 rings (SSSR count). The summed E-state index contributed by atoms with van der Waals surface area (Å²) in [5.41, 5.74) is 0. The predicted octanol–water partition coefficient (Wildman–Crippen LogP) is 4.49. The van der Waals surface area contributed by atoms with Crippen LogP contribution in [0.1, 0.15) is 32.6 Å². The highest BCUT2D eigenvalue weighted by molar-refractivity contribution is 9.10. The molecular formula is C12H16BrClN2. The van der Waals surface area contributed by atoms with Crippen LogP contribution in [-0.4, -0.2) is 11.0 Å². The number of halogens is 2. The molecule has 1 aliphatic rings. The SMILES string of the molecule is CC(Nc1ncc(Br)cc1Cl)C1CCCC1. The Morgan fingerprint density at radius 2 is 2.19 bits per heavy atom. The van der Waals surface area contributed by atoms with Crippen LogP contribution < -0.4 is 5.32 Å². The molecule has 1 aliphatic carbocycles. The summed E-state index contributed by atoms with van der Waals surface area (Å²) in [6, 6.07) is 2.33. The first kappa shape index (κ1) is 12.2. The van der Waals surface area contributed by atoms with Crippen molar-refractivity contribution >= 4 is 33.3 Å². The van der Waals surface area contributed by atoms with Gasteiger partial charge in [0, 0.05) is 16.7 Å². The first-order valence-corrected chi connectivity index (χ1v) is 6.91. The molecule has 1 atom stereocenters. The van der Waals surface area contributed by atoms with E-state index in [9.17, 15) is 0 Å². The van der Waals surface area contributed by atoms with Crippen molar-refractivity contribution in [3.05, 3.63) is 21.8 Å². The van der Waals surface area contributed by atoms with Crippen LogP contribution >= 0.6 is 27.5 Å². The molecular weight excluding hydrogens is 288 g/mol. The largest absolute Gasteiger partial charge is 0.366 e. The number of anilines is 1. The molecule has 16 heavy (non-hydrogen) atoms. The minimum Gasteiger partial charge on any atom is -0.366 e. The van der Waals surface area contributed by atoms with Gasteiger partial charge in [-0.3, -0.25) is 0 Å². The summed E-state index contributed by atoms with van der Waals surface area (Å²) in [6.45, 7) is 2.22. The predicted molar refractivity (Wildman–Crippen MR) is 72.0 cm³/mol. The maximum Gasteiger partial charge on any atom is 0.145 e. The summed E-state index contributed by atoms with van der Waals surface area (Å²) in [5.74, 6) is 1.56. The van der Waals surface area contributed by atoms with E-state index in [-0.39, 0.29) is 0 Å². The summed E-state index contributed by atoms with van der Waals surface area (Å²) >= 11 is 9.48. The minimum atomic E-state index is 0.452. The Bertz CT molecular complexity index is 364. The van der Waals surface area contributed by atoms with Gasteiger partial charge < -0.3 is 5.32 Å². The highest BCUT2D eigenvalue weighted by Gasteiger charge is 2.22. The smallest absolute Gasteiger partial charge is 0.145 e. The van der Waals surface area contributed by atoms with Gasteiger partial charge in [-0.2, -0.15) is 0 Å². The average molecular weight is 304 g/mol.